The number of benzene rings is 2. The van der Waals surface area contributed by atoms with E-state index in [1.807, 2.05) is 24.1 Å². The van der Waals surface area contributed by atoms with Crippen LogP contribution in [0.25, 0.3) is 16.9 Å². The van der Waals surface area contributed by atoms with Crippen molar-refractivity contribution in [2.24, 2.45) is 0 Å². The first-order valence-electron chi connectivity index (χ1n) is 10.4. The number of carbonyl (C=O) groups is 1. The van der Waals surface area contributed by atoms with Gasteiger partial charge in [-0.1, -0.05) is 46.9 Å². The molecule has 3 aromatic rings. The van der Waals surface area contributed by atoms with E-state index in [2.05, 4.69) is 10.5 Å². The summed E-state index contributed by atoms with van der Waals surface area (Å²) in [6.45, 7) is 3.12. The Bertz CT molecular complexity index is 1130. The average Bonchev–Trinajstić information content (AvgIpc) is 2.95. The second kappa shape index (κ2) is 9.81. The normalized spacial score (nSPS) is 17.2. The first kappa shape index (κ1) is 23.1. The fraction of sp³-hybridized carbons (Fsp3) is 0.304. The summed E-state index contributed by atoms with van der Waals surface area (Å²) in [6, 6.07) is 12.5. The summed E-state index contributed by atoms with van der Waals surface area (Å²) in [7, 11) is 0. The molecule has 0 spiro atoms. The molecule has 1 atom stereocenters. The van der Waals surface area contributed by atoms with Crippen LogP contribution in [0.4, 0.5) is 0 Å². The van der Waals surface area contributed by atoms with Crippen molar-refractivity contribution in [1.29, 1.82) is 0 Å². The molecule has 1 aliphatic heterocycles. The number of hydrazine groups is 1. The molecule has 1 aromatic heterocycles. The van der Waals surface area contributed by atoms with Gasteiger partial charge in [0.25, 0.3) is 5.91 Å². The molecule has 2 aromatic carbocycles. The number of aromatic nitrogens is 2. The first-order chi connectivity index (χ1) is 15.3. The molecule has 4 rings (SSSR count). The third-order valence-electron chi connectivity index (χ3n) is 5.55. The lowest BCUT2D eigenvalue weighted by Gasteiger charge is -2.20. The van der Waals surface area contributed by atoms with Crippen LogP contribution in [0.15, 0.2) is 42.5 Å². The molecule has 1 unspecified atom stereocenters. The Morgan fingerprint density at radius 1 is 1.06 bits per heavy atom. The molecular formula is C23H23Cl3N4O2. The topological polar surface area (TPSA) is 70.4 Å². The minimum absolute atomic E-state index is 0.297. The van der Waals surface area contributed by atoms with Crippen LogP contribution >= 0.6 is 34.8 Å². The number of nitrogens with one attached hydrogen (secondary N) is 1. The smallest absolute Gasteiger partial charge is 0.286 e. The molecule has 32 heavy (non-hydrogen) atoms. The number of halogens is 3. The largest absolute Gasteiger partial charge is 0.393 e. The molecule has 168 valence electrons. The molecule has 0 saturated carbocycles. The maximum Gasteiger partial charge on any atom is 0.286 e. The third-order valence-corrected chi connectivity index (χ3v) is 6.34. The molecule has 1 fully saturated rings. The van der Waals surface area contributed by atoms with Crippen molar-refractivity contribution in [1.82, 2.24) is 20.2 Å². The van der Waals surface area contributed by atoms with Crippen LogP contribution in [0.5, 0.6) is 0 Å². The lowest BCUT2D eigenvalue weighted by Crippen LogP contribution is -2.43. The molecular weight excluding hydrogens is 471 g/mol. The quantitative estimate of drug-likeness (QED) is 0.517. The van der Waals surface area contributed by atoms with E-state index in [1.54, 1.807) is 35.0 Å². The Morgan fingerprint density at radius 2 is 1.78 bits per heavy atom. The van der Waals surface area contributed by atoms with Crippen molar-refractivity contribution in [3.63, 3.8) is 0 Å². The second-order valence-corrected chi connectivity index (χ2v) is 9.13. The maximum absolute atomic E-state index is 13.2. The minimum atomic E-state index is -0.332. The van der Waals surface area contributed by atoms with E-state index < -0.39 is 0 Å². The van der Waals surface area contributed by atoms with Gasteiger partial charge in [-0.3, -0.25) is 10.2 Å². The summed E-state index contributed by atoms with van der Waals surface area (Å²) >= 11 is 18.6. The summed E-state index contributed by atoms with van der Waals surface area (Å²) in [5.74, 6) is -0.307. The highest BCUT2D eigenvalue weighted by molar-refractivity contribution is 6.35. The van der Waals surface area contributed by atoms with Crippen molar-refractivity contribution in [2.45, 2.75) is 32.3 Å². The SMILES string of the molecule is Cc1c(C(=O)NN2CCCC(O)CC2)nn(-c2ccc(Cl)cc2Cl)c1-c1ccc(Cl)cc1. The zero-order valence-electron chi connectivity index (χ0n) is 17.5. The summed E-state index contributed by atoms with van der Waals surface area (Å²) in [5, 5.41) is 17.9. The van der Waals surface area contributed by atoms with E-state index >= 15 is 0 Å². The molecule has 9 heteroatoms. The molecule has 6 nitrogen and oxygen atoms in total. The number of amides is 1. The predicted octanol–water partition coefficient (Wildman–Crippen LogP) is 5.30. The van der Waals surface area contributed by atoms with Gasteiger partial charge >= 0.3 is 0 Å². The van der Waals surface area contributed by atoms with Crippen LogP contribution in [0.1, 0.15) is 35.3 Å². The second-order valence-electron chi connectivity index (χ2n) is 7.85. The third kappa shape index (κ3) is 4.95. The van der Waals surface area contributed by atoms with Gasteiger partial charge in [0.1, 0.15) is 0 Å². The van der Waals surface area contributed by atoms with Crippen molar-refractivity contribution in [2.75, 3.05) is 13.1 Å². The Labute approximate surface area is 201 Å². The fourth-order valence-electron chi connectivity index (χ4n) is 3.87. The lowest BCUT2D eigenvalue weighted by molar-refractivity contribution is 0.0775. The van der Waals surface area contributed by atoms with Crippen LogP contribution in [0.2, 0.25) is 15.1 Å². The maximum atomic E-state index is 13.2. The molecule has 0 bridgehead atoms. The zero-order chi connectivity index (χ0) is 22.8. The van der Waals surface area contributed by atoms with Crippen LogP contribution in [0.3, 0.4) is 0 Å². The number of aliphatic hydroxyl groups is 1. The van der Waals surface area contributed by atoms with Crippen molar-refractivity contribution in [3.05, 3.63) is 68.8 Å². The number of aliphatic hydroxyl groups excluding tert-OH is 1. The highest BCUT2D eigenvalue weighted by Gasteiger charge is 2.25. The molecule has 1 saturated heterocycles. The zero-order valence-corrected chi connectivity index (χ0v) is 19.8. The number of nitrogens with zero attached hydrogens (tertiary/aromatic N) is 3. The van der Waals surface area contributed by atoms with Crippen molar-refractivity contribution < 1.29 is 9.90 Å². The van der Waals surface area contributed by atoms with E-state index in [0.29, 0.717) is 51.5 Å². The predicted molar refractivity (Wildman–Crippen MR) is 128 cm³/mol. The van der Waals surface area contributed by atoms with Crippen molar-refractivity contribution in [3.8, 4) is 16.9 Å². The average molecular weight is 494 g/mol. The van der Waals surface area contributed by atoms with Crippen LogP contribution in [0, 0.1) is 6.92 Å². The molecule has 1 aliphatic rings. The van der Waals surface area contributed by atoms with Gasteiger partial charge in [-0.15, -0.1) is 0 Å². The standard InChI is InChI=1S/C23H23Cl3N4O2/c1-14-21(23(32)28-29-11-2-3-18(31)10-12-29)27-30(20-9-8-17(25)13-19(20)26)22(14)15-4-6-16(24)7-5-15/h4-9,13,18,31H,2-3,10-12H2,1H3,(H,28,32). The van der Waals surface area contributed by atoms with E-state index in [9.17, 15) is 9.90 Å². The molecule has 0 aliphatic carbocycles. The van der Waals surface area contributed by atoms with E-state index in [1.165, 1.54) is 0 Å². The first-order valence-corrected chi connectivity index (χ1v) is 11.5. The fourth-order valence-corrected chi connectivity index (χ4v) is 4.49. The highest BCUT2D eigenvalue weighted by atomic mass is 35.5. The summed E-state index contributed by atoms with van der Waals surface area (Å²) in [6.07, 6.45) is 1.83. The molecule has 2 N–H and O–H groups in total. The van der Waals surface area contributed by atoms with E-state index in [4.69, 9.17) is 34.8 Å². The van der Waals surface area contributed by atoms with Crippen LogP contribution in [-0.4, -0.2) is 45.0 Å². The van der Waals surface area contributed by atoms with E-state index in [-0.39, 0.29) is 12.0 Å². The lowest BCUT2D eigenvalue weighted by atomic mass is 10.1. The van der Waals surface area contributed by atoms with Gasteiger partial charge in [0.15, 0.2) is 5.69 Å². The van der Waals surface area contributed by atoms with Gasteiger partial charge < -0.3 is 5.11 Å². The van der Waals surface area contributed by atoms with Crippen molar-refractivity contribution >= 4 is 40.7 Å². The number of rotatable bonds is 4. The summed E-state index contributed by atoms with van der Waals surface area (Å²) < 4.78 is 1.67. The van der Waals surface area contributed by atoms with Crippen LogP contribution < -0.4 is 5.43 Å². The van der Waals surface area contributed by atoms with Gasteiger partial charge in [-0.2, -0.15) is 5.10 Å². The Hall–Kier alpha value is -2.09. The molecule has 0 radical (unpaired) electrons. The van der Waals surface area contributed by atoms with Gasteiger partial charge in [-0.05, 0) is 56.5 Å². The van der Waals surface area contributed by atoms with Crippen LogP contribution in [-0.2, 0) is 0 Å². The van der Waals surface area contributed by atoms with Gasteiger partial charge in [0.05, 0.1) is 22.5 Å². The Balaban J connectivity index is 1.75. The van der Waals surface area contributed by atoms with Gasteiger partial charge in [0, 0.05) is 34.3 Å². The van der Waals surface area contributed by atoms with Gasteiger partial charge in [0.2, 0.25) is 0 Å². The Morgan fingerprint density at radius 3 is 2.50 bits per heavy atom. The Kier molecular flexibility index (Phi) is 7.08. The minimum Gasteiger partial charge on any atom is -0.393 e. The number of hydrogen-bond acceptors (Lipinski definition) is 4. The van der Waals surface area contributed by atoms with E-state index in [0.717, 1.165) is 24.1 Å². The number of carbonyl (C=O) groups excluding carboxylic acids is 1. The summed E-state index contributed by atoms with van der Waals surface area (Å²) in [5.41, 5.74) is 6.16. The molecule has 2 heterocycles. The number of hydrogen-bond donors (Lipinski definition) is 2. The van der Waals surface area contributed by atoms with Gasteiger partial charge in [-0.25, -0.2) is 9.69 Å². The molecule has 1 amide bonds. The summed E-state index contributed by atoms with van der Waals surface area (Å²) in [4.78, 5) is 13.2. The monoisotopic (exact) mass is 492 g/mol. The highest BCUT2D eigenvalue weighted by Crippen LogP contribution is 2.33.